The number of ketones is 1. The highest BCUT2D eigenvalue weighted by Gasteiger charge is 2.36. The van der Waals surface area contributed by atoms with Crippen LogP contribution >= 0.6 is 0 Å². The topological polar surface area (TPSA) is 33.2 Å². The van der Waals surface area contributed by atoms with Gasteiger partial charge in [-0.25, -0.2) is 4.98 Å². The quantitative estimate of drug-likeness (QED) is 0.747. The Bertz CT molecular complexity index is 470. The number of nitrogens with zero attached hydrogens (tertiary/aromatic N) is 2. The second-order valence-corrected chi connectivity index (χ2v) is 6.36. The lowest BCUT2D eigenvalue weighted by molar-refractivity contribution is 0.0271. The van der Waals surface area contributed by atoms with Crippen LogP contribution in [0.2, 0.25) is 0 Å². The predicted molar refractivity (Wildman–Crippen MR) is 79.8 cm³/mol. The molecule has 108 valence electrons. The van der Waals surface area contributed by atoms with Crippen LogP contribution < -0.4 is 0 Å². The van der Waals surface area contributed by atoms with Crippen LogP contribution in [-0.4, -0.2) is 35.3 Å². The first-order chi connectivity index (χ1) is 9.74. The SMILES string of the molecule is CCC(=O)c1cccc(CCCN2CC3CC(C3)C2)n1. The van der Waals surface area contributed by atoms with E-state index in [0.29, 0.717) is 12.1 Å². The number of fused-ring (bicyclic) bond motifs is 2. The van der Waals surface area contributed by atoms with Crippen molar-refractivity contribution in [1.29, 1.82) is 0 Å². The minimum atomic E-state index is 0.142. The Balaban J connectivity index is 1.47. The van der Waals surface area contributed by atoms with Gasteiger partial charge in [-0.1, -0.05) is 13.0 Å². The molecule has 4 rings (SSSR count). The maximum absolute atomic E-state index is 11.7. The maximum atomic E-state index is 11.7. The van der Waals surface area contributed by atoms with Crippen molar-refractivity contribution >= 4 is 5.78 Å². The third-order valence-corrected chi connectivity index (χ3v) is 4.69. The van der Waals surface area contributed by atoms with Gasteiger partial charge >= 0.3 is 0 Å². The maximum Gasteiger partial charge on any atom is 0.180 e. The third kappa shape index (κ3) is 3.09. The predicted octanol–water partition coefficient (Wildman–Crippen LogP) is 2.95. The lowest BCUT2D eigenvalue weighted by atomic mass is 9.71. The molecule has 1 aromatic rings. The average molecular weight is 272 g/mol. The van der Waals surface area contributed by atoms with Gasteiger partial charge in [-0.05, 0) is 56.2 Å². The number of pyridine rings is 1. The fourth-order valence-electron chi connectivity index (χ4n) is 3.60. The summed E-state index contributed by atoms with van der Waals surface area (Å²) < 4.78 is 0. The number of aryl methyl sites for hydroxylation is 1. The lowest BCUT2D eigenvalue weighted by Gasteiger charge is -2.47. The van der Waals surface area contributed by atoms with E-state index in [1.807, 2.05) is 25.1 Å². The highest BCUT2D eigenvalue weighted by atomic mass is 16.1. The van der Waals surface area contributed by atoms with Gasteiger partial charge in [0.25, 0.3) is 0 Å². The van der Waals surface area contributed by atoms with Gasteiger partial charge in [-0.3, -0.25) is 4.79 Å². The zero-order valence-corrected chi connectivity index (χ0v) is 12.3. The van der Waals surface area contributed by atoms with Crippen molar-refractivity contribution in [3.63, 3.8) is 0 Å². The van der Waals surface area contributed by atoms with Gasteiger partial charge in [0.1, 0.15) is 5.69 Å². The average Bonchev–Trinajstić information content (AvgIpc) is 2.46. The van der Waals surface area contributed by atoms with E-state index in [0.717, 1.165) is 30.4 Å². The first-order valence-corrected chi connectivity index (χ1v) is 7.96. The molecule has 2 bridgehead atoms. The monoisotopic (exact) mass is 272 g/mol. The number of Topliss-reactive ketones (excluding diaryl/α,β-unsaturated/α-hetero) is 1. The molecule has 1 saturated carbocycles. The van der Waals surface area contributed by atoms with Gasteiger partial charge < -0.3 is 4.90 Å². The van der Waals surface area contributed by atoms with Crippen molar-refractivity contribution in [1.82, 2.24) is 9.88 Å². The number of rotatable bonds is 6. The Labute approximate surface area is 121 Å². The normalized spacial score (nSPS) is 25.2. The van der Waals surface area contributed by atoms with Crippen LogP contribution in [0.5, 0.6) is 0 Å². The van der Waals surface area contributed by atoms with E-state index in [4.69, 9.17) is 0 Å². The molecule has 3 heterocycles. The van der Waals surface area contributed by atoms with Crippen LogP contribution in [0.3, 0.4) is 0 Å². The Kier molecular flexibility index (Phi) is 4.16. The highest BCUT2D eigenvalue weighted by molar-refractivity contribution is 5.93. The number of aromatic nitrogens is 1. The van der Waals surface area contributed by atoms with Crippen molar-refractivity contribution in [2.45, 2.75) is 39.0 Å². The fraction of sp³-hybridized carbons (Fsp3) is 0.647. The third-order valence-electron chi connectivity index (χ3n) is 4.69. The summed E-state index contributed by atoms with van der Waals surface area (Å²) in [5.74, 6) is 2.11. The lowest BCUT2D eigenvalue weighted by Crippen LogP contribution is -2.48. The van der Waals surface area contributed by atoms with E-state index in [1.165, 1.54) is 32.5 Å². The Morgan fingerprint density at radius 3 is 2.75 bits per heavy atom. The summed E-state index contributed by atoms with van der Waals surface area (Å²) in [7, 11) is 0. The zero-order chi connectivity index (χ0) is 13.9. The molecule has 0 amide bonds. The number of hydrogen-bond acceptors (Lipinski definition) is 3. The number of hydrogen-bond donors (Lipinski definition) is 0. The van der Waals surface area contributed by atoms with Gasteiger partial charge in [0, 0.05) is 25.2 Å². The molecular formula is C17H24N2O. The van der Waals surface area contributed by atoms with Crippen molar-refractivity contribution in [2.24, 2.45) is 11.8 Å². The van der Waals surface area contributed by atoms with E-state index < -0.39 is 0 Å². The molecule has 0 spiro atoms. The molecule has 20 heavy (non-hydrogen) atoms. The van der Waals surface area contributed by atoms with Crippen LogP contribution in [0.1, 0.15) is 48.8 Å². The number of piperidine rings is 2. The summed E-state index contributed by atoms with van der Waals surface area (Å²) in [5, 5.41) is 0. The Hall–Kier alpha value is -1.22. The minimum Gasteiger partial charge on any atom is -0.303 e. The van der Waals surface area contributed by atoms with E-state index in [2.05, 4.69) is 9.88 Å². The number of carbonyl (C=O) groups is 1. The molecule has 3 nitrogen and oxygen atoms in total. The van der Waals surface area contributed by atoms with E-state index in [9.17, 15) is 4.79 Å². The first-order valence-electron chi connectivity index (χ1n) is 7.96. The van der Waals surface area contributed by atoms with Gasteiger partial charge in [0.2, 0.25) is 0 Å². The van der Waals surface area contributed by atoms with Gasteiger partial charge in [0.15, 0.2) is 5.78 Å². The van der Waals surface area contributed by atoms with Crippen LogP contribution in [0.25, 0.3) is 0 Å². The van der Waals surface area contributed by atoms with E-state index >= 15 is 0 Å². The smallest absolute Gasteiger partial charge is 0.180 e. The van der Waals surface area contributed by atoms with Crippen molar-refractivity contribution < 1.29 is 4.79 Å². The summed E-state index contributed by atoms with van der Waals surface area (Å²) >= 11 is 0. The Morgan fingerprint density at radius 2 is 2.05 bits per heavy atom. The van der Waals surface area contributed by atoms with Gasteiger partial charge in [-0.15, -0.1) is 0 Å². The van der Waals surface area contributed by atoms with Gasteiger partial charge in [0.05, 0.1) is 0 Å². The molecule has 3 aliphatic rings. The van der Waals surface area contributed by atoms with Crippen molar-refractivity contribution in [3.8, 4) is 0 Å². The van der Waals surface area contributed by atoms with E-state index in [1.54, 1.807) is 0 Å². The molecule has 1 aliphatic carbocycles. The van der Waals surface area contributed by atoms with Crippen LogP contribution in [0.15, 0.2) is 18.2 Å². The molecule has 3 heteroatoms. The first kappa shape index (κ1) is 13.7. The molecule has 3 fully saturated rings. The highest BCUT2D eigenvalue weighted by Crippen LogP contribution is 2.39. The second-order valence-electron chi connectivity index (χ2n) is 6.36. The van der Waals surface area contributed by atoms with E-state index in [-0.39, 0.29) is 5.78 Å². The molecule has 2 saturated heterocycles. The molecule has 0 atom stereocenters. The fourth-order valence-corrected chi connectivity index (χ4v) is 3.60. The molecule has 2 aliphatic heterocycles. The summed E-state index contributed by atoms with van der Waals surface area (Å²) in [6, 6.07) is 5.83. The van der Waals surface area contributed by atoms with Gasteiger partial charge in [-0.2, -0.15) is 0 Å². The largest absolute Gasteiger partial charge is 0.303 e. The molecule has 0 N–H and O–H groups in total. The van der Waals surface area contributed by atoms with Crippen molar-refractivity contribution in [2.75, 3.05) is 19.6 Å². The molecule has 1 aromatic heterocycles. The van der Waals surface area contributed by atoms with Crippen molar-refractivity contribution in [3.05, 3.63) is 29.6 Å². The van der Waals surface area contributed by atoms with Crippen LogP contribution in [0, 0.1) is 11.8 Å². The molecular weight excluding hydrogens is 248 g/mol. The zero-order valence-electron chi connectivity index (χ0n) is 12.3. The van der Waals surface area contributed by atoms with Crippen LogP contribution in [-0.2, 0) is 6.42 Å². The second kappa shape index (κ2) is 6.04. The Morgan fingerprint density at radius 1 is 1.30 bits per heavy atom. The summed E-state index contributed by atoms with van der Waals surface area (Å²) in [6.45, 7) is 5.68. The standard InChI is InChI=1S/C17H24N2O/c1-2-17(20)16-7-3-5-15(18-16)6-4-8-19-11-13-9-14(10-13)12-19/h3,5,7,13-14H,2,4,6,8-12H2,1H3. The minimum absolute atomic E-state index is 0.142. The molecule has 0 unspecified atom stereocenters. The summed E-state index contributed by atoms with van der Waals surface area (Å²) in [5.41, 5.74) is 1.69. The molecule has 0 radical (unpaired) electrons. The number of carbonyl (C=O) groups excluding carboxylic acids is 1. The summed E-state index contributed by atoms with van der Waals surface area (Å²) in [6.07, 6.45) is 5.61. The summed E-state index contributed by atoms with van der Waals surface area (Å²) in [4.78, 5) is 18.8. The molecule has 0 aromatic carbocycles. The van der Waals surface area contributed by atoms with Crippen LogP contribution in [0.4, 0.5) is 0 Å².